The van der Waals surface area contributed by atoms with Crippen molar-refractivity contribution in [2.75, 3.05) is 31.4 Å². The minimum atomic E-state index is -1.26. The summed E-state index contributed by atoms with van der Waals surface area (Å²) in [6.45, 7) is 2.53. The number of rotatable bonds is 10. The molecule has 4 N–H and O–H groups in total. The van der Waals surface area contributed by atoms with Crippen molar-refractivity contribution >= 4 is 29.2 Å². The molecule has 0 saturated carbocycles. The van der Waals surface area contributed by atoms with Crippen LogP contribution in [0.1, 0.15) is 30.0 Å². The van der Waals surface area contributed by atoms with Crippen LogP contribution in [0.2, 0.25) is 0 Å². The van der Waals surface area contributed by atoms with Gasteiger partial charge in [0.15, 0.2) is 0 Å². The molecule has 1 aliphatic rings. The number of amides is 4. The average Bonchev–Trinajstić information content (AvgIpc) is 3.20. The first-order valence-corrected chi connectivity index (χ1v) is 12.1. The van der Waals surface area contributed by atoms with Gasteiger partial charge in [0.05, 0.1) is 12.3 Å². The normalized spacial score (nSPS) is 16.6. The van der Waals surface area contributed by atoms with E-state index in [0.717, 1.165) is 16.5 Å². The number of imide groups is 1. The Hall–Kier alpha value is -4.44. The SMILES string of the molecule is COCCOc1ccc([C@H]2NC(=O)N(C(C(=O)Nc3ccc(N)cc3F)[C@@H](C)c3ccccc3)C2=O)cc1. The van der Waals surface area contributed by atoms with Crippen molar-refractivity contribution in [3.8, 4) is 5.75 Å². The summed E-state index contributed by atoms with van der Waals surface area (Å²) in [4.78, 5) is 41.2. The molecule has 38 heavy (non-hydrogen) atoms. The van der Waals surface area contributed by atoms with Crippen molar-refractivity contribution < 1.29 is 28.2 Å². The summed E-state index contributed by atoms with van der Waals surface area (Å²) in [6.07, 6.45) is 0. The van der Waals surface area contributed by atoms with Gasteiger partial charge in [0, 0.05) is 18.7 Å². The zero-order valence-electron chi connectivity index (χ0n) is 21.0. The third-order valence-corrected chi connectivity index (χ3v) is 6.34. The summed E-state index contributed by atoms with van der Waals surface area (Å²) in [6, 6.07) is 16.6. The van der Waals surface area contributed by atoms with Crippen molar-refractivity contribution in [1.29, 1.82) is 0 Å². The highest BCUT2D eigenvalue weighted by Crippen LogP contribution is 2.32. The maximum Gasteiger partial charge on any atom is 0.325 e. The molecule has 1 aliphatic heterocycles. The lowest BCUT2D eigenvalue weighted by Gasteiger charge is -2.30. The standard InChI is InChI=1S/C28H29FN4O5/c1-17(18-6-4-3-5-7-18)25(26(34)31-23-13-10-20(30)16-22(23)29)33-27(35)24(32-28(33)36)19-8-11-21(12-9-19)38-15-14-37-2/h3-13,16-17,24-25H,14-15,30H2,1-2H3,(H,31,34)(H,32,36)/t17-,24+,25?/m0/s1. The Bertz CT molecular complexity index is 1300. The van der Waals surface area contributed by atoms with Gasteiger partial charge in [-0.2, -0.15) is 0 Å². The predicted molar refractivity (Wildman–Crippen MR) is 140 cm³/mol. The first kappa shape index (κ1) is 26.6. The number of nitrogens with two attached hydrogens (primary N) is 1. The van der Waals surface area contributed by atoms with Gasteiger partial charge in [-0.25, -0.2) is 14.1 Å². The minimum Gasteiger partial charge on any atom is -0.491 e. The Balaban J connectivity index is 1.62. The number of carbonyl (C=O) groups excluding carboxylic acids is 3. The van der Waals surface area contributed by atoms with Gasteiger partial charge in [0.25, 0.3) is 5.91 Å². The molecule has 9 nitrogen and oxygen atoms in total. The number of nitrogens with one attached hydrogen (secondary N) is 2. The second-order valence-corrected chi connectivity index (χ2v) is 8.87. The molecule has 10 heteroatoms. The minimum absolute atomic E-state index is 0.109. The van der Waals surface area contributed by atoms with Crippen LogP contribution in [0.3, 0.4) is 0 Å². The van der Waals surface area contributed by atoms with Crippen LogP contribution >= 0.6 is 0 Å². The van der Waals surface area contributed by atoms with E-state index in [2.05, 4.69) is 10.6 Å². The lowest BCUT2D eigenvalue weighted by molar-refractivity contribution is -0.134. The zero-order valence-corrected chi connectivity index (χ0v) is 21.0. The van der Waals surface area contributed by atoms with Gasteiger partial charge in [0.2, 0.25) is 5.91 Å². The summed E-state index contributed by atoms with van der Waals surface area (Å²) in [5.41, 5.74) is 6.96. The largest absolute Gasteiger partial charge is 0.491 e. The maximum absolute atomic E-state index is 14.5. The highest BCUT2D eigenvalue weighted by atomic mass is 19.1. The monoisotopic (exact) mass is 520 g/mol. The summed E-state index contributed by atoms with van der Waals surface area (Å²) in [5.74, 6) is -2.05. The van der Waals surface area contributed by atoms with Crippen molar-refractivity contribution in [3.05, 3.63) is 89.7 Å². The quantitative estimate of drug-likeness (QED) is 0.212. The fourth-order valence-corrected chi connectivity index (χ4v) is 4.33. The van der Waals surface area contributed by atoms with Crippen LogP contribution in [0.5, 0.6) is 5.75 Å². The molecule has 0 aromatic heterocycles. The number of benzene rings is 3. The molecule has 0 radical (unpaired) electrons. The predicted octanol–water partition coefficient (Wildman–Crippen LogP) is 3.84. The summed E-state index contributed by atoms with van der Waals surface area (Å²) >= 11 is 0. The number of nitrogens with zero attached hydrogens (tertiary/aromatic N) is 1. The highest BCUT2D eigenvalue weighted by Gasteiger charge is 2.47. The van der Waals surface area contributed by atoms with E-state index < -0.39 is 41.7 Å². The van der Waals surface area contributed by atoms with E-state index in [1.807, 2.05) is 6.07 Å². The molecule has 3 atom stereocenters. The maximum atomic E-state index is 14.5. The van der Waals surface area contributed by atoms with E-state index >= 15 is 0 Å². The first-order chi connectivity index (χ1) is 18.3. The average molecular weight is 521 g/mol. The van der Waals surface area contributed by atoms with Gasteiger partial charge >= 0.3 is 6.03 Å². The van der Waals surface area contributed by atoms with Crippen molar-refractivity contribution in [3.63, 3.8) is 0 Å². The molecule has 3 aromatic rings. The number of methoxy groups -OCH3 is 1. The van der Waals surface area contributed by atoms with Crippen LogP contribution in [-0.2, 0) is 14.3 Å². The molecule has 4 rings (SSSR count). The number of hydrogen-bond donors (Lipinski definition) is 3. The van der Waals surface area contributed by atoms with E-state index in [0.29, 0.717) is 24.5 Å². The van der Waals surface area contributed by atoms with Gasteiger partial charge in [-0.15, -0.1) is 0 Å². The third kappa shape index (κ3) is 5.76. The Morgan fingerprint density at radius 2 is 1.79 bits per heavy atom. The van der Waals surface area contributed by atoms with Crippen molar-refractivity contribution in [1.82, 2.24) is 10.2 Å². The van der Waals surface area contributed by atoms with E-state index in [1.54, 1.807) is 62.6 Å². The molecule has 1 saturated heterocycles. The van der Waals surface area contributed by atoms with Crippen LogP contribution in [0.25, 0.3) is 0 Å². The number of anilines is 2. The molecule has 1 heterocycles. The zero-order chi connectivity index (χ0) is 27.2. The molecule has 0 aliphatic carbocycles. The molecular formula is C28H29FN4O5. The fourth-order valence-electron chi connectivity index (χ4n) is 4.33. The Kier molecular flexibility index (Phi) is 8.22. The van der Waals surface area contributed by atoms with Gasteiger partial charge in [0.1, 0.15) is 30.3 Å². The Labute approximate surface area is 219 Å². The van der Waals surface area contributed by atoms with Gasteiger partial charge < -0.3 is 25.8 Å². The lowest BCUT2D eigenvalue weighted by Crippen LogP contribution is -2.50. The molecule has 1 unspecified atom stereocenters. The number of carbonyl (C=O) groups is 3. The highest BCUT2D eigenvalue weighted by molar-refractivity contribution is 6.10. The van der Waals surface area contributed by atoms with Crippen LogP contribution in [-0.4, -0.2) is 49.1 Å². The van der Waals surface area contributed by atoms with Crippen LogP contribution in [0, 0.1) is 5.82 Å². The number of ether oxygens (including phenoxy) is 2. The third-order valence-electron chi connectivity index (χ3n) is 6.34. The molecule has 3 aromatic carbocycles. The van der Waals surface area contributed by atoms with Crippen LogP contribution in [0.15, 0.2) is 72.8 Å². The topological polar surface area (TPSA) is 123 Å². The van der Waals surface area contributed by atoms with Crippen molar-refractivity contribution in [2.45, 2.75) is 24.9 Å². The van der Waals surface area contributed by atoms with E-state index in [9.17, 15) is 18.8 Å². The van der Waals surface area contributed by atoms with E-state index in [-0.39, 0.29) is 11.4 Å². The second kappa shape index (κ2) is 11.7. The number of hydrogen-bond acceptors (Lipinski definition) is 6. The van der Waals surface area contributed by atoms with Crippen molar-refractivity contribution in [2.24, 2.45) is 0 Å². The molecule has 198 valence electrons. The molecule has 1 fully saturated rings. The van der Waals surface area contributed by atoms with Gasteiger partial charge in [-0.3, -0.25) is 9.59 Å². The summed E-state index contributed by atoms with van der Waals surface area (Å²) in [7, 11) is 1.57. The van der Waals surface area contributed by atoms with Crippen LogP contribution < -0.4 is 21.1 Å². The molecule has 4 amide bonds. The first-order valence-electron chi connectivity index (χ1n) is 12.1. The number of halogens is 1. The summed E-state index contributed by atoms with van der Waals surface area (Å²) < 4.78 is 25.0. The number of urea groups is 1. The molecule has 0 bridgehead atoms. The van der Waals surface area contributed by atoms with Gasteiger partial charge in [-0.1, -0.05) is 49.4 Å². The smallest absolute Gasteiger partial charge is 0.325 e. The van der Waals surface area contributed by atoms with E-state index in [1.165, 1.54) is 12.1 Å². The molecule has 0 spiro atoms. The van der Waals surface area contributed by atoms with Gasteiger partial charge in [-0.05, 0) is 41.5 Å². The lowest BCUT2D eigenvalue weighted by atomic mass is 9.91. The Morgan fingerprint density at radius 3 is 2.45 bits per heavy atom. The van der Waals surface area contributed by atoms with E-state index in [4.69, 9.17) is 15.2 Å². The second-order valence-electron chi connectivity index (χ2n) is 8.87. The molecular weight excluding hydrogens is 491 g/mol. The Morgan fingerprint density at radius 1 is 1.08 bits per heavy atom. The van der Waals surface area contributed by atoms with Crippen LogP contribution in [0.4, 0.5) is 20.6 Å². The summed E-state index contributed by atoms with van der Waals surface area (Å²) in [5, 5.41) is 5.19. The number of nitrogen functional groups attached to an aromatic ring is 1. The fraction of sp³-hybridized carbons (Fsp3) is 0.250.